The molecule has 0 bridgehead atoms. The number of rotatable bonds is 12. The van der Waals surface area contributed by atoms with Gasteiger partial charge in [-0.25, -0.2) is 4.98 Å². The summed E-state index contributed by atoms with van der Waals surface area (Å²) in [6, 6.07) is 25.4. The molecule has 44 heavy (non-hydrogen) atoms. The Kier molecular flexibility index (Phi) is 10.1. The average molecular weight is 596 g/mol. The Morgan fingerprint density at radius 3 is 2.27 bits per heavy atom. The second kappa shape index (κ2) is 14.1. The van der Waals surface area contributed by atoms with Crippen LogP contribution in [0.2, 0.25) is 0 Å². The van der Waals surface area contributed by atoms with E-state index >= 15 is 0 Å². The van der Waals surface area contributed by atoms with Crippen LogP contribution in [0.1, 0.15) is 35.1 Å². The van der Waals surface area contributed by atoms with Gasteiger partial charge in [-0.05, 0) is 65.3 Å². The SMILES string of the molecule is COc1nc(-c2cccc(-c3cccc(-c4ccc(CN5CC[C@@H](O)C5)cc4)c3C)c2C)ccc1CNC[C@@H](O)CC(=O)O. The monoisotopic (exact) mass is 595 g/mol. The molecule has 8 nitrogen and oxygen atoms in total. The van der Waals surface area contributed by atoms with E-state index in [-0.39, 0.29) is 19.1 Å². The summed E-state index contributed by atoms with van der Waals surface area (Å²) in [5.41, 5.74) is 10.9. The maximum Gasteiger partial charge on any atom is 0.306 e. The molecular formula is C36H41N3O5. The smallest absolute Gasteiger partial charge is 0.306 e. The molecule has 1 aromatic heterocycles. The van der Waals surface area contributed by atoms with E-state index < -0.39 is 12.1 Å². The molecule has 0 radical (unpaired) electrons. The van der Waals surface area contributed by atoms with Crippen LogP contribution >= 0.6 is 0 Å². The number of carbonyl (C=O) groups is 1. The van der Waals surface area contributed by atoms with Crippen molar-refractivity contribution in [2.24, 2.45) is 0 Å². The zero-order valence-corrected chi connectivity index (χ0v) is 25.6. The van der Waals surface area contributed by atoms with Crippen molar-refractivity contribution >= 4 is 5.97 Å². The molecule has 1 fully saturated rings. The number of carboxylic acids is 1. The number of carboxylic acid groups (broad SMARTS) is 1. The first kappa shape index (κ1) is 31.3. The number of aliphatic hydroxyl groups is 2. The van der Waals surface area contributed by atoms with Gasteiger partial charge in [0.15, 0.2) is 0 Å². The van der Waals surface area contributed by atoms with Gasteiger partial charge in [0.25, 0.3) is 0 Å². The standard InChI is InChI=1S/C36H41N3O5/c1-23-30(26-12-10-25(11-13-26)21-39-17-16-28(40)22-39)6-4-7-31(23)32-8-5-9-33(24(32)2)34-15-14-27(36(38-34)44-3)19-37-20-29(41)18-35(42)43/h4-15,28-29,37,40-41H,16-22H2,1-3H3,(H,42,43)/t28-,29+/m1/s1. The largest absolute Gasteiger partial charge is 0.481 e. The maximum atomic E-state index is 10.8. The highest BCUT2D eigenvalue weighted by molar-refractivity contribution is 5.83. The number of nitrogens with zero attached hydrogens (tertiary/aromatic N) is 2. The third-order valence-electron chi connectivity index (χ3n) is 8.39. The zero-order valence-electron chi connectivity index (χ0n) is 25.6. The lowest BCUT2D eigenvalue weighted by Gasteiger charge is -2.18. The van der Waals surface area contributed by atoms with Gasteiger partial charge in [-0.2, -0.15) is 0 Å². The fourth-order valence-electron chi connectivity index (χ4n) is 6.03. The number of methoxy groups -OCH3 is 1. The number of aromatic nitrogens is 1. The second-order valence-electron chi connectivity index (χ2n) is 11.6. The van der Waals surface area contributed by atoms with Gasteiger partial charge in [-0.15, -0.1) is 0 Å². The zero-order chi connectivity index (χ0) is 31.2. The minimum atomic E-state index is -1.04. The summed E-state index contributed by atoms with van der Waals surface area (Å²) in [7, 11) is 1.58. The second-order valence-corrected chi connectivity index (χ2v) is 11.6. The highest BCUT2D eigenvalue weighted by atomic mass is 16.5. The van der Waals surface area contributed by atoms with Crippen molar-refractivity contribution in [2.75, 3.05) is 26.7 Å². The predicted molar refractivity (Wildman–Crippen MR) is 172 cm³/mol. The average Bonchev–Trinajstić information content (AvgIpc) is 3.42. The van der Waals surface area contributed by atoms with Gasteiger partial charge in [0.1, 0.15) is 0 Å². The van der Waals surface area contributed by atoms with E-state index in [0.29, 0.717) is 12.4 Å². The van der Waals surface area contributed by atoms with Crippen LogP contribution in [0.25, 0.3) is 33.5 Å². The van der Waals surface area contributed by atoms with E-state index in [1.54, 1.807) is 7.11 Å². The Bertz CT molecular complexity index is 1600. The fourth-order valence-corrected chi connectivity index (χ4v) is 6.03. The number of pyridine rings is 1. The first-order valence-electron chi connectivity index (χ1n) is 15.1. The number of aliphatic carboxylic acids is 1. The van der Waals surface area contributed by atoms with E-state index in [0.717, 1.165) is 54.0 Å². The molecule has 4 N–H and O–H groups in total. The number of hydrogen-bond donors (Lipinski definition) is 4. The van der Waals surface area contributed by atoms with Crippen LogP contribution in [-0.2, 0) is 17.9 Å². The van der Waals surface area contributed by atoms with Crippen molar-refractivity contribution in [1.82, 2.24) is 15.2 Å². The molecule has 1 saturated heterocycles. The van der Waals surface area contributed by atoms with Crippen molar-refractivity contribution in [1.29, 1.82) is 0 Å². The fraction of sp³-hybridized carbons (Fsp3) is 0.333. The lowest BCUT2D eigenvalue weighted by atomic mass is 9.88. The Balaban J connectivity index is 1.36. The molecule has 3 aromatic carbocycles. The molecule has 4 aromatic rings. The summed E-state index contributed by atoms with van der Waals surface area (Å²) < 4.78 is 5.60. The summed E-state index contributed by atoms with van der Waals surface area (Å²) in [5.74, 6) is -0.553. The van der Waals surface area contributed by atoms with E-state index in [1.165, 1.54) is 27.8 Å². The van der Waals surface area contributed by atoms with E-state index in [1.807, 2.05) is 12.1 Å². The molecule has 8 heteroatoms. The van der Waals surface area contributed by atoms with Gasteiger partial charge in [0.2, 0.25) is 5.88 Å². The van der Waals surface area contributed by atoms with Gasteiger partial charge in [0, 0.05) is 43.9 Å². The van der Waals surface area contributed by atoms with Crippen molar-refractivity contribution in [3.8, 4) is 39.4 Å². The van der Waals surface area contributed by atoms with Gasteiger partial charge < -0.3 is 25.4 Å². The molecule has 0 spiro atoms. The highest BCUT2D eigenvalue weighted by Gasteiger charge is 2.20. The predicted octanol–water partition coefficient (Wildman–Crippen LogP) is 5.20. The first-order chi connectivity index (χ1) is 21.2. The Morgan fingerprint density at radius 2 is 1.64 bits per heavy atom. The van der Waals surface area contributed by atoms with E-state index in [4.69, 9.17) is 14.8 Å². The summed E-state index contributed by atoms with van der Waals surface area (Å²) in [6.45, 7) is 7.38. The first-order valence-corrected chi connectivity index (χ1v) is 15.1. The van der Waals surface area contributed by atoms with Gasteiger partial charge in [0.05, 0.1) is 31.4 Å². The molecular weight excluding hydrogens is 554 g/mol. The summed E-state index contributed by atoms with van der Waals surface area (Å²) in [5, 5.41) is 31.6. The minimum Gasteiger partial charge on any atom is -0.481 e. The number of aliphatic hydroxyl groups excluding tert-OH is 2. The number of nitrogens with one attached hydrogen (secondary N) is 1. The number of β-amino-alcohol motifs (C(OH)–C–C–N with tert-alkyl or cyclic N) is 1. The lowest BCUT2D eigenvalue weighted by Crippen LogP contribution is -2.28. The van der Waals surface area contributed by atoms with Crippen LogP contribution in [0.3, 0.4) is 0 Å². The van der Waals surface area contributed by atoms with Crippen LogP contribution in [0.4, 0.5) is 0 Å². The molecule has 5 rings (SSSR count). The van der Waals surface area contributed by atoms with Crippen LogP contribution in [-0.4, -0.2) is 70.1 Å². The Labute approximate surface area is 259 Å². The molecule has 1 aliphatic heterocycles. The quantitative estimate of drug-likeness (QED) is 0.177. The van der Waals surface area contributed by atoms with Gasteiger partial charge in [-0.3, -0.25) is 9.69 Å². The Hall–Kier alpha value is -4.08. The third kappa shape index (κ3) is 7.34. The third-order valence-corrected chi connectivity index (χ3v) is 8.39. The summed E-state index contributed by atoms with van der Waals surface area (Å²) in [6.07, 6.45) is -0.634. The maximum absolute atomic E-state index is 10.8. The number of hydrogen-bond acceptors (Lipinski definition) is 7. The molecule has 0 unspecified atom stereocenters. The highest BCUT2D eigenvalue weighted by Crippen LogP contribution is 2.37. The van der Waals surface area contributed by atoms with Crippen molar-refractivity contribution < 1.29 is 24.9 Å². The molecule has 0 saturated carbocycles. The molecule has 0 amide bonds. The minimum absolute atomic E-state index is 0.157. The molecule has 1 aliphatic rings. The van der Waals surface area contributed by atoms with Crippen LogP contribution in [0.5, 0.6) is 5.88 Å². The van der Waals surface area contributed by atoms with E-state index in [2.05, 4.69) is 84.7 Å². The van der Waals surface area contributed by atoms with Crippen LogP contribution in [0.15, 0.2) is 72.8 Å². The van der Waals surface area contributed by atoms with E-state index in [9.17, 15) is 15.0 Å². The number of ether oxygens (including phenoxy) is 1. The van der Waals surface area contributed by atoms with Crippen molar-refractivity contribution in [2.45, 2.75) is 52.0 Å². The topological polar surface area (TPSA) is 115 Å². The summed E-state index contributed by atoms with van der Waals surface area (Å²) in [4.78, 5) is 17.9. The number of benzene rings is 3. The Morgan fingerprint density at radius 1 is 0.977 bits per heavy atom. The molecule has 2 heterocycles. The van der Waals surface area contributed by atoms with Gasteiger partial charge in [-0.1, -0.05) is 66.7 Å². The van der Waals surface area contributed by atoms with Crippen molar-refractivity contribution in [3.63, 3.8) is 0 Å². The number of likely N-dealkylation sites (tertiary alicyclic amines) is 1. The molecule has 2 atom stereocenters. The van der Waals surface area contributed by atoms with Gasteiger partial charge >= 0.3 is 5.97 Å². The lowest BCUT2D eigenvalue weighted by molar-refractivity contribution is -0.139. The molecule has 230 valence electrons. The summed E-state index contributed by atoms with van der Waals surface area (Å²) >= 11 is 0. The van der Waals surface area contributed by atoms with Crippen LogP contribution < -0.4 is 10.1 Å². The molecule has 0 aliphatic carbocycles. The van der Waals surface area contributed by atoms with Crippen molar-refractivity contribution in [3.05, 3.63) is 95.1 Å². The normalized spacial score (nSPS) is 15.8. The van der Waals surface area contributed by atoms with Crippen LogP contribution in [0, 0.1) is 13.8 Å².